The van der Waals surface area contributed by atoms with Crippen LogP contribution in [0.25, 0.3) is 0 Å². The predicted octanol–water partition coefficient (Wildman–Crippen LogP) is 0.839. The molecule has 1 aromatic heterocycles. The quantitative estimate of drug-likeness (QED) is 0.846. The van der Waals surface area contributed by atoms with Crippen LogP contribution < -0.4 is 5.73 Å². The summed E-state index contributed by atoms with van der Waals surface area (Å²) in [6.45, 7) is 9.10. The fourth-order valence-corrected chi connectivity index (χ4v) is 1.99. The number of aryl methyl sites for hydroxylation is 2. The monoisotopic (exact) mass is 239 g/mol. The Morgan fingerprint density at radius 1 is 1.53 bits per heavy atom. The molecule has 0 aromatic carbocycles. The second-order valence-corrected chi connectivity index (χ2v) is 4.75. The third-order valence-corrected chi connectivity index (χ3v) is 3.20. The van der Waals surface area contributed by atoms with Gasteiger partial charge in [-0.3, -0.25) is 4.90 Å². The van der Waals surface area contributed by atoms with E-state index < -0.39 is 0 Å². The number of morpholine rings is 1. The molecule has 5 heteroatoms. The summed E-state index contributed by atoms with van der Waals surface area (Å²) >= 11 is 0. The number of ether oxygens (including phenoxy) is 1. The number of aromatic nitrogens is 1. The predicted molar refractivity (Wildman–Crippen MR) is 64.6 cm³/mol. The minimum absolute atomic E-state index is 0.0610. The van der Waals surface area contributed by atoms with Crippen LogP contribution in [-0.4, -0.2) is 41.7 Å². The molecule has 0 amide bonds. The van der Waals surface area contributed by atoms with Crippen molar-refractivity contribution >= 4 is 0 Å². The Morgan fingerprint density at radius 3 is 2.88 bits per heavy atom. The largest absolute Gasteiger partial charge is 0.444 e. The third-order valence-electron chi connectivity index (χ3n) is 3.20. The molecule has 0 bridgehead atoms. The van der Waals surface area contributed by atoms with E-state index in [2.05, 4.69) is 9.88 Å². The van der Waals surface area contributed by atoms with E-state index in [-0.39, 0.29) is 12.1 Å². The molecule has 1 aromatic rings. The molecule has 1 aliphatic rings. The van der Waals surface area contributed by atoms with Gasteiger partial charge in [-0.1, -0.05) is 0 Å². The van der Waals surface area contributed by atoms with E-state index in [9.17, 15) is 0 Å². The van der Waals surface area contributed by atoms with Gasteiger partial charge in [-0.25, -0.2) is 4.98 Å². The van der Waals surface area contributed by atoms with E-state index in [0.29, 0.717) is 0 Å². The normalized spacial score (nSPS) is 23.9. The number of nitrogens with two attached hydrogens (primary N) is 1. The summed E-state index contributed by atoms with van der Waals surface area (Å²) in [5.41, 5.74) is 6.83. The van der Waals surface area contributed by atoms with Gasteiger partial charge < -0.3 is 14.9 Å². The van der Waals surface area contributed by atoms with Crippen LogP contribution in [0.3, 0.4) is 0 Å². The summed E-state index contributed by atoms with van der Waals surface area (Å²) in [4.78, 5) is 6.67. The first-order valence-electron chi connectivity index (χ1n) is 6.08. The molecule has 2 heterocycles. The van der Waals surface area contributed by atoms with E-state index >= 15 is 0 Å². The summed E-state index contributed by atoms with van der Waals surface area (Å²) in [5, 5.41) is 0. The molecule has 2 N–H and O–H groups in total. The average Bonchev–Trinajstić information content (AvgIpc) is 2.58. The number of hydrogen-bond donors (Lipinski definition) is 1. The van der Waals surface area contributed by atoms with Crippen molar-refractivity contribution in [2.24, 2.45) is 5.73 Å². The number of nitrogens with zero attached hydrogens (tertiary/aromatic N) is 2. The standard InChI is InChI=1S/C12H21N3O2/c1-8(13)11-6-15(4-5-16-11)7-12-14-9(2)10(3)17-12/h8,11H,4-7,13H2,1-3H3. The molecule has 1 fully saturated rings. The molecular weight excluding hydrogens is 218 g/mol. The Kier molecular flexibility index (Phi) is 3.81. The van der Waals surface area contributed by atoms with Gasteiger partial charge in [0.05, 0.1) is 24.9 Å². The molecule has 0 saturated carbocycles. The summed E-state index contributed by atoms with van der Waals surface area (Å²) in [6, 6.07) is 0.0610. The molecule has 0 radical (unpaired) electrons. The Hall–Kier alpha value is -0.910. The van der Waals surface area contributed by atoms with Gasteiger partial charge in [0.1, 0.15) is 5.76 Å². The highest BCUT2D eigenvalue weighted by Gasteiger charge is 2.24. The van der Waals surface area contributed by atoms with E-state index in [1.807, 2.05) is 20.8 Å². The van der Waals surface area contributed by atoms with Gasteiger partial charge in [-0.2, -0.15) is 0 Å². The smallest absolute Gasteiger partial charge is 0.208 e. The summed E-state index contributed by atoms with van der Waals surface area (Å²) in [7, 11) is 0. The van der Waals surface area contributed by atoms with Crippen LogP contribution in [0, 0.1) is 13.8 Å². The Labute approximate surface area is 102 Å². The molecule has 0 spiro atoms. The van der Waals surface area contributed by atoms with Gasteiger partial charge in [0.25, 0.3) is 0 Å². The third kappa shape index (κ3) is 3.06. The molecule has 96 valence electrons. The van der Waals surface area contributed by atoms with Crippen molar-refractivity contribution in [1.29, 1.82) is 0 Å². The SMILES string of the molecule is Cc1nc(CN2CCOC(C(C)N)C2)oc1C. The van der Waals surface area contributed by atoms with Crippen molar-refractivity contribution in [2.45, 2.75) is 39.5 Å². The topological polar surface area (TPSA) is 64.5 Å². The fraction of sp³-hybridized carbons (Fsp3) is 0.750. The van der Waals surface area contributed by atoms with Crippen LogP contribution in [0.1, 0.15) is 24.3 Å². The van der Waals surface area contributed by atoms with Crippen molar-refractivity contribution in [3.63, 3.8) is 0 Å². The molecule has 0 aliphatic carbocycles. The van der Waals surface area contributed by atoms with E-state index in [0.717, 1.165) is 43.6 Å². The van der Waals surface area contributed by atoms with Crippen LogP contribution in [0.5, 0.6) is 0 Å². The van der Waals surface area contributed by atoms with Crippen LogP contribution in [0.15, 0.2) is 4.42 Å². The summed E-state index contributed by atoms with van der Waals surface area (Å²) < 4.78 is 11.2. The van der Waals surface area contributed by atoms with Crippen molar-refractivity contribution in [3.05, 3.63) is 17.3 Å². The van der Waals surface area contributed by atoms with E-state index in [1.165, 1.54) is 0 Å². The first-order valence-corrected chi connectivity index (χ1v) is 6.08. The lowest BCUT2D eigenvalue weighted by atomic mass is 10.1. The molecule has 1 saturated heterocycles. The van der Waals surface area contributed by atoms with E-state index in [4.69, 9.17) is 14.9 Å². The highest BCUT2D eigenvalue weighted by Crippen LogP contribution is 2.14. The zero-order valence-corrected chi connectivity index (χ0v) is 10.8. The maximum absolute atomic E-state index is 5.86. The number of rotatable bonds is 3. The van der Waals surface area contributed by atoms with Gasteiger partial charge in [-0.15, -0.1) is 0 Å². The van der Waals surface area contributed by atoms with Gasteiger partial charge in [0, 0.05) is 19.1 Å². The molecule has 17 heavy (non-hydrogen) atoms. The lowest BCUT2D eigenvalue weighted by molar-refractivity contribution is -0.0424. The second kappa shape index (κ2) is 5.16. The highest BCUT2D eigenvalue weighted by molar-refractivity contribution is 5.05. The Balaban J connectivity index is 1.94. The lowest BCUT2D eigenvalue weighted by Crippen LogP contribution is -2.49. The van der Waals surface area contributed by atoms with Crippen molar-refractivity contribution in [3.8, 4) is 0 Å². The molecule has 2 atom stereocenters. The molecule has 5 nitrogen and oxygen atoms in total. The molecular formula is C12H21N3O2. The Morgan fingerprint density at radius 2 is 2.29 bits per heavy atom. The van der Waals surface area contributed by atoms with Gasteiger partial charge in [0.15, 0.2) is 0 Å². The lowest BCUT2D eigenvalue weighted by Gasteiger charge is -2.33. The molecule has 1 aliphatic heterocycles. The minimum atomic E-state index is 0.0610. The van der Waals surface area contributed by atoms with Crippen LogP contribution in [0.2, 0.25) is 0 Å². The zero-order valence-electron chi connectivity index (χ0n) is 10.8. The van der Waals surface area contributed by atoms with Crippen LogP contribution >= 0.6 is 0 Å². The minimum Gasteiger partial charge on any atom is -0.444 e. The van der Waals surface area contributed by atoms with Crippen LogP contribution in [-0.2, 0) is 11.3 Å². The summed E-state index contributed by atoms with van der Waals surface area (Å²) in [5.74, 6) is 1.68. The highest BCUT2D eigenvalue weighted by atomic mass is 16.5. The zero-order chi connectivity index (χ0) is 12.4. The molecule has 2 rings (SSSR count). The summed E-state index contributed by atoms with van der Waals surface area (Å²) in [6.07, 6.45) is 0.112. The first-order chi connectivity index (χ1) is 8.06. The first kappa shape index (κ1) is 12.5. The van der Waals surface area contributed by atoms with Crippen molar-refractivity contribution in [2.75, 3.05) is 19.7 Å². The maximum atomic E-state index is 5.86. The van der Waals surface area contributed by atoms with Gasteiger partial charge in [-0.05, 0) is 20.8 Å². The van der Waals surface area contributed by atoms with Gasteiger partial charge in [0.2, 0.25) is 5.89 Å². The van der Waals surface area contributed by atoms with Gasteiger partial charge >= 0.3 is 0 Å². The number of hydrogen-bond acceptors (Lipinski definition) is 5. The average molecular weight is 239 g/mol. The van der Waals surface area contributed by atoms with Crippen molar-refractivity contribution in [1.82, 2.24) is 9.88 Å². The maximum Gasteiger partial charge on any atom is 0.208 e. The van der Waals surface area contributed by atoms with Crippen LogP contribution in [0.4, 0.5) is 0 Å². The van der Waals surface area contributed by atoms with E-state index in [1.54, 1.807) is 0 Å². The Bertz CT molecular complexity index is 356. The fourth-order valence-electron chi connectivity index (χ4n) is 1.99. The molecule has 2 unspecified atom stereocenters. The van der Waals surface area contributed by atoms with Crippen molar-refractivity contribution < 1.29 is 9.15 Å². The second-order valence-electron chi connectivity index (χ2n) is 4.75. The number of oxazole rings is 1.